The molecule has 0 atom stereocenters. The molecule has 160 valence electrons. The van der Waals surface area contributed by atoms with Crippen LogP contribution in [0.4, 0.5) is 0 Å². The Morgan fingerprint density at radius 1 is 0.900 bits per heavy atom. The number of ketones is 1. The summed E-state index contributed by atoms with van der Waals surface area (Å²) < 4.78 is 26.7. The van der Waals surface area contributed by atoms with Crippen molar-refractivity contribution < 1.29 is 18.0 Å². The minimum absolute atomic E-state index is 0.0337. The number of rotatable bonds is 7. The lowest BCUT2D eigenvalue weighted by atomic mass is 9.99. The van der Waals surface area contributed by atoms with Crippen LogP contribution in [0.15, 0.2) is 48.5 Å². The van der Waals surface area contributed by atoms with Crippen LogP contribution in [0.2, 0.25) is 0 Å². The second kappa shape index (κ2) is 9.53. The lowest BCUT2D eigenvalue weighted by Crippen LogP contribution is -2.50. The first kappa shape index (κ1) is 22.2. The summed E-state index contributed by atoms with van der Waals surface area (Å²) in [6.07, 6.45) is 0.304. The second-order valence-electron chi connectivity index (χ2n) is 7.76. The number of hydrogen-bond acceptors (Lipinski definition) is 4. The summed E-state index contributed by atoms with van der Waals surface area (Å²) in [6, 6.07) is 14.8. The van der Waals surface area contributed by atoms with Crippen molar-refractivity contribution in [3.05, 3.63) is 70.8 Å². The Morgan fingerprint density at radius 2 is 1.57 bits per heavy atom. The van der Waals surface area contributed by atoms with Gasteiger partial charge >= 0.3 is 0 Å². The molecule has 1 aliphatic heterocycles. The average molecular weight is 429 g/mol. The molecular weight excluding hydrogens is 400 g/mol. The molecule has 0 N–H and O–H groups in total. The highest BCUT2D eigenvalue weighted by Gasteiger charge is 2.29. The number of benzene rings is 2. The molecule has 3 rings (SSSR count). The summed E-state index contributed by atoms with van der Waals surface area (Å²) in [6.45, 7) is 5.10. The third-order valence-electron chi connectivity index (χ3n) is 5.44. The molecule has 0 spiro atoms. The maximum atomic E-state index is 12.6. The zero-order valence-corrected chi connectivity index (χ0v) is 18.3. The van der Waals surface area contributed by atoms with Crippen LogP contribution in [-0.4, -0.2) is 55.5 Å². The summed E-state index contributed by atoms with van der Waals surface area (Å²) in [7, 11) is -3.41. The fraction of sp³-hybridized carbons (Fsp3) is 0.391. The van der Waals surface area contributed by atoms with Crippen LogP contribution in [0.25, 0.3) is 0 Å². The van der Waals surface area contributed by atoms with E-state index in [-0.39, 0.29) is 43.4 Å². The molecule has 7 heteroatoms. The van der Waals surface area contributed by atoms with Gasteiger partial charge in [0.1, 0.15) is 0 Å². The molecule has 2 aromatic carbocycles. The summed E-state index contributed by atoms with van der Waals surface area (Å²) in [4.78, 5) is 26.7. The predicted molar refractivity (Wildman–Crippen MR) is 117 cm³/mol. The van der Waals surface area contributed by atoms with Gasteiger partial charge in [0, 0.05) is 44.6 Å². The van der Waals surface area contributed by atoms with Crippen molar-refractivity contribution in [1.29, 1.82) is 0 Å². The standard InChI is InChI=1S/C23H28N2O4S/c1-18-8-9-19(2)21(16-18)22(26)10-11-23(27)24-12-14-25(15-13-24)30(28,29)17-20-6-4-3-5-7-20/h3-9,16H,10-15,17H2,1-2H3. The Morgan fingerprint density at radius 3 is 2.23 bits per heavy atom. The molecular formula is C23H28N2O4S. The van der Waals surface area contributed by atoms with Crippen LogP contribution in [-0.2, 0) is 20.6 Å². The van der Waals surface area contributed by atoms with Gasteiger partial charge in [-0.2, -0.15) is 4.31 Å². The van der Waals surface area contributed by atoms with Gasteiger partial charge in [-0.3, -0.25) is 9.59 Å². The van der Waals surface area contributed by atoms with Crippen molar-refractivity contribution in [1.82, 2.24) is 9.21 Å². The first-order chi connectivity index (χ1) is 14.3. The number of nitrogens with zero attached hydrogens (tertiary/aromatic N) is 2. The molecule has 1 amide bonds. The van der Waals surface area contributed by atoms with Gasteiger partial charge in [0.05, 0.1) is 5.75 Å². The number of Topliss-reactive ketones (excluding diaryl/α,β-unsaturated/α-hetero) is 1. The first-order valence-corrected chi connectivity index (χ1v) is 11.8. The van der Waals surface area contributed by atoms with Crippen molar-refractivity contribution in [3.8, 4) is 0 Å². The summed E-state index contributed by atoms with van der Waals surface area (Å²) in [5.41, 5.74) is 3.35. The normalized spacial score (nSPS) is 15.2. The minimum atomic E-state index is -3.41. The molecule has 2 aromatic rings. The summed E-state index contributed by atoms with van der Waals surface area (Å²) in [5, 5.41) is 0. The Bertz CT molecular complexity index is 1010. The molecule has 0 radical (unpaired) electrons. The quantitative estimate of drug-likeness (QED) is 0.636. The van der Waals surface area contributed by atoms with Crippen molar-refractivity contribution in [2.75, 3.05) is 26.2 Å². The fourth-order valence-electron chi connectivity index (χ4n) is 3.64. The monoisotopic (exact) mass is 428 g/mol. The molecule has 30 heavy (non-hydrogen) atoms. The molecule has 0 aromatic heterocycles. The van der Waals surface area contributed by atoms with Crippen LogP contribution in [0.1, 0.15) is 39.9 Å². The largest absolute Gasteiger partial charge is 0.340 e. The molecule has 0 bridgehead atoms. The lowest BCUT2D eigenvalue weighted by Gasteiger charge is -2.34. The van der Waals surface area contributed by atoms with Crippen LogP contribution >= 0.6 is 0 Å². The number of sulfonamides is 1. The minimum Gasteiger partial charge on any atom is -0.340 e. The summed E-state index contributed by atoms with van der Waals surface area (Å²) in [5.74, 6) is -0.172. The van der Waals surface area contributed by atoms with E-state index in [1.54, 1.807) is 17.0 Å². The smallest absolute Gasteiger partial charge is 0.223 e. The highest BCUT2D eigenvalue weighted by Crippen LogP contribution is 2.17. The van der Waals surface area contributed by atoms with Gasteiger partial charge in [-0.05, 0) is 31.0 Å². The number of aryl methyl sites for hydroxylation is 2. The highest BCUT2D eigenvalue weighted by molar-refractivity contribution is 7.88. The van der Waals surface area contributed by atoms with Gasteiger partial charge in [-0.1, -0.05) is 48.0 Å². The van der Waals surface area contributed by atoms with E-state index in [4.69, 9.17) is 0 Å². The van der Waals surface area contributed by atoms with E-state index in [9.17, 15) is 18.0 Å². The van der Waals surface area contributed by atoms with Gasteiger partial charge in [0.15, 0.2) is 5.78 Å². The maximum absolute atomic E-state index is 12.6. The van der Waals surface area contributed by atoms with Crippen LogP contribution in [0, 0.1) is 13.8 Å². The first-order valence-electron chi connectivity index (χ1n) is 10.2. The SMILES string of the molecule is Cc1ccc(C)c(C(=O)CCC(=O)N2CCN(S(=O)(=O)Cc3ccccc3)CC2)c1. The van der Waals surface area contributed by atoms with Crippen molar-refractivity contribution >= 4 is 21.7 Å². The Balaban J connectivity index is 1.50. The number of carbonyl (C=O) groups is 2. The number of carbonyl (C=O) groups excluding carboxylic acids is 2. The van der Waals surface area contributed by atoms with Crippen LogP contribution in [0.3, 0.4) is 0 Å². The number of hydrogen-bond donors (Lipinski definition) is 0. The Kier molecular flexibility index (Phi) is 7.05. The summed E-state index contributed by atoms with van der Waals surface area (Å²) >= 11 is 0. The van der Waals surface area contributed by atoms with Crippen molar-refractivity contribution in [2.24, 2.45) is 0 Å². The topological polar surface area (TPSA) is 74.8 Å². The van der Waals surface area contributed by atoms with E-state index >= 15 is 0 Å². The molecule has 1 fully saturated rings. The Hall–Kier alpha value is -2.51. The van der Waals surface area contributed by atoms with E-state index < -0.39 is 10.0 Å². The van der Waals surface area contributed by atoms with E-state index in [0.29, 0.717) is 18.7 Å². The van der Waals surface area contributed by atoms with Crippen molar-refractivity contribution in [3.63, 3.8) is 0 Å². The highest BCUT2D eigenvalue weighted by atomic mass is 32.2. The van der Waals surface area contributed by atoms with E-state index in [1.807, 2.05) is 50.2 Å². The van der Waals surface area contributed by atoms with Gasteiger partial charge in [-0.25, -0.2) is 8.42 Å². The van der Waals surface area contributed by atoms with Gasteiger partial charge in [0.2, 0.25) is 15.9 Å². The maximum Gasteiger partial charge on any atom is 0.223 e. The third-order valence-corrected chi connectivity index (χ3v) is 7.29. The van der Waals surface area contributed by atoms with Gasteiger partial charge in [0.25, 0.3) is 0 Å². The molecule has 1 heterocycles. The zero-order chi connectivity index (χ0) is 21.7. The number of amides is 1. The van der Waals surface area contributed by atoms with Gasteiger partial charge < -0.3 is 4.90 Å². The lowest BCUT2D eigenvalue weighted by molar-refractivity contribution is -0.132. The Labute approximate surface area is 178 Å². The predicted octanol–water partition coefficient (Wildman–Crippen LogP) is 2.94. The molecule has 0 unspecified atom stereocenters. The molecule has 6 nitrogen and oxygen atoms in total. The molecule has 0 saturated carbocycles. The fourth-order valence-corrected chi connectivity index (χ4v) is 5.16. The zero-order valence-electron chi connectivity index (χ0n) is 17.5. The van der Waals surface area contributed by atoms with Crippen LogP contribution in [0.5, 0.6) is 0 Å². The van der Waals surface area contributed by atoms with E-state index in [2.05, 4.69) is 0 Å². The molecule has 1 saturated heterocycles. The number of piperazine rings is 1. The van der Waals surface area contributed by atoms with E-state index in [1.165, 1.54) is 4.31 Å². The second-order valence-corrected chi connectivity index (χ2v) is 9.73. The van der Waals surface area contributed by atoms with Crippen molar-refractivity contribution in [2.45, 2.75) is 32.4 Å². The average Bonchev–Trinajstić information content (AvgIpc) is 2.74. The molecule has 0 aliphatic carbocycles. The third kappa shape index (κ3) is 5.55. The molecule has 1 aliphatic rings. The van der Waals surface area contributed by atoms with E-state index in [0.717, 1.165) is 16.7 Å². The van der Waals surface area contributed by atoms with Crippen LogP contribution < -0.4 is 0 Å². The van der Waals surface area contributed by atoms with Gasteiger partial charge in [-0.15, -0.1) is 0 Å².